The van der Waals surface area contributed by atoms with E-state index in [0.717, 1.165) is 18.9 Å². The molecule has 2 heterocycles. The summed E-state index contributed by atoms with van der Waals surface area (Å²) in [5.41, 5.74) is 0. The third kappa shape index (κ3) is 4.22. The third-order valence-corrected chi connectivity index (χ3v) is 4.40. The Morgan fingerprint density at radius 2 is 2.44 bits per heavy atom. The summed E-state index contributed by atoms with van der Waals surface area (Å²) in [7, 11) is 1.70. The zero-order valence-electron chi connectivity index (χ0n) is 10.8. The number of nitrogens with one attached hydrogen (secondary N) is 1. The molecule has 1 unspecified atom stereocenters. The lowest BCUT2D eigenvalue weighted by Gasteiger charge is -2.21. The Balaban J connectivity index is 1.79. The molecule has 1 aromatic rings. The standard InChI is InChI=1S/C11H21N5OS/c1-17-6-5-12-8-11-13-14-15-16(11)9-10-4-2-3-7-18-10/h10,12H,2-9H2,1H3. The van der Waals surface area contributed by atoms with Gasteiger partial charge in [-0.15, -0.1) is 5.10 Å². The first-order valence-corrected chi connectivity index (χ1v) is 7.51. The van der Waals surface area contributed by atoms with Crippen LogP contribution in [0.5, 0.6) is 0 Å². The van der Waals surface area contributed by atoms with Crippen molar-refractivity contribution in [2.45, 2.75) is 37.6 Å². The van der Waals surface area contributed by atoms with E-state index < -0.39 is 0 Å². The second-order valence-corrected chi connectivity index (χ2v) is 5.84. The molecule has 0 bridgehead atoms. The topological polar surface area (TPSA) is 64.9 Å². The van der Waals surface area contributed by atoms with Crippen molar-refractivity contribution in [3.63, 3.8) is 0 Å². The van der Waals surface area contributed by atoms with Crippen LogP contribution in [0.1, 0.15) is 25.1 Å². The highest BCUT2D eigenvalue weighted by atomic mass is 32.2. The average Bonchev–Trinajstić information content (AvgIpc) is 2.83. The first-order chi connectivity index (χ1) is 8.90. The van der Waals surface area contributed by atoms with Crippen LogP contribution in [0.2, 0.25) is 0 Å². The van der Waals surface area contributed by atoms with E-state index in [9.17, 15) is 0 Å². The summed E-state index contributed by atoms with van der Waals surface area (Å²) in [6, 6.07) is 0. The Morgan fingerprint density at radius 1 is 1.50 bits per heavy atom. The van der Waals surface area contributed by atoms with Gasteiger partial charge in [0.05, 0.1) is 19.7 Å². The van der Waals surface area contributed by atoms with E-state index in [2.05, 4.69) is 20.8 Å². The number of methoxy groups -OCH3 is 1. The van der Waals surface area contributed by atoms with Crippen molar-refractivity contribution in [3.8, 4) is 0 Å². The van der Waals surface area contributed by atoms with Gasteiger partial charge in [-0.05, 0) is 29.0 Å². The smallest absolute Gasteiger partial charge is 0.165 e. The second-order valence-electron chi connectivity index (χ2n) is 4.44. The molecule has 0 aliphatic carbocycles. The minimum atomic E-state index is 0.667. The van der Waals surface area contributed by atoms with Gasteiger partial charge in [-0.3, -0.25) is 0 Å². The van der Waals surface area contributed by atoms with Crippen LogP contribution < -0.4 is 5.32 Å². The van der Waals surface area contributed by atoms with E-state index in [1.54, 1.807) is 7.11 Å². The van der Waals surface area contributed by atoms with Gasteiger partial charge in [-0.2, -0.15) is 11.8 Å². The molecule has 1 aliphatic heterocycles. The molecular formula is C11H21N5OS. The molecule has 6 nitrogen and oxygen atoms in total. The quantitative estimate of drug-likeness (QED) is 0.736. The third-order valence-electron chi connectivity index (χ3n) is 3.02. The van der Waals surface area contributed by atoms with Crippen molar-refractivity contribution in [3.05, 3.63) is 5.82 Å². The van der Waals surface area contributed by atoms with Crippen molar-refractivity contribution < 1.29 is 4.74 Å². The molecule has 1 saturated heterocycles. The van der Waals surface area contributed by atoms with Gasteiger partial charge < -0.3 is 10.1 Å². The highest BCUT2D eigenvalue weighted by Gasteiger charge is 2.16. The summed E-state index contributed by atoms with van der Waals surface area (Å²) < 4.78 is 6.92. The maximum Gasteiger partial charge on any atom is 0.165 e. The summed E-state index contributed by atoms with van der Waals surface area (Å²) >= 11 is 2.05. The molecule has 1 aromatic heterocycles. The number of ether oxygens (including phenoxy) is 1. The maximum absolute atomic E-state index is 4.99. The fourth-order valence-corrected chi connectivity index (χ4v) is 3.29. The monoisotopic (exact) mass is 271 g/mol. The minimum Gasteiger partial charge on any atom is -0.383 e. The summed E-state index contributed by atoms with van der Waals surface area (Å²) in [5, 5.41) is 15.9. The Hall–Kier alpha value is -0.660. The van der Waals surface area contributed by atoms with Crippen LogP contribution in [-0.4, -0.2) is 51.5 Å². The molecule has 1 aliphatic rings. The van der Waals surface area contributed by atoms with Crippen LogP contribution >= 0.6 is 11.8 Å². The van der Waals surface area contributed by atoms with Gasteiger partial charge in [0.25, 0.3) is 0 Å². The molecule has 0 aromatic carbocycles. The van der Waals surface area contributed by atoms with Crippen molar-refractivity contribution in [1.29, 1.82) is 0 Å². The predicted molar refractivity (Wildman–Crippen MR) is 71.5 cm³/mol. The number of hydrogen-bond acceptors (Lipinski definition) is 6. The number of aromatic nitrogens is 4. The number of tetrazole rings is 1. The van der Waals surface area contributed by atoms with Crippen LogP contribution in [0.15, 0.2) is 0 Å². The van der Waals surface area contributed by atoms with Gasteiger partial charge in [-0.1, -0.05) is 6.42 Å². The Labute approximate surface area is 112 Å². The van der Waals surface area contributed by atoms with E-state index in [1.807, 2.05) is 16.4 Å². The number of thioether (sulfide) groups is 1. The Kier molecular flexibility index (Phi) is 5.89. The van der Waals surface area contributed by atoms with Gasteiger partial charge in [0.2, 0.25) is 0 Å². The molecule has 102 valence electrons. The molecule has 7 heteroatoms. The number of nitrogens with zero attached hydrogens (tertiary/aromatic N) is 4. The first-order valence-electron chi connectivity index (χ1n) is 6.46. The molecule has 0 amide bonds. The van der Waals surface area contributed by atoms with E-state index in [1.165, 1.54) is 25.0 Å². The summed E-state index contributed by atoms with van der Waals surface area (Å²) in [6.07, 6.45) is 3.96. The zero-order valence-corrected chi connectivity index (χ0v) is 11.7. The van der Waals surface area contributed by atoms with Gasteiger partial charge in [0, 0.05) is 18.9 Å². The first kappa shape index (κ1) is 13.8. The van der Waals surface area contributed by atoms with Crippen molar-refractivity contribution in [2.24, 2.45) is 0 Å². The molecular weight excluding hydrogens is 250 g/mol. The lowest BCUT2D eigenvalue weighted by molar-refractivity contribution is 0.198. The van der Waals surface area contributed by atoms with Crippen molar-refractivity contribution >= 4 is 11.8 Å². The van der Waals surface area contributed by atoms with Crippen LogP contribution in [0.3, 0.4) is 0 Å². The van der Waals surface area contributed by atoms with Gasteiger partial charge in [0.15, 0.2) is 5.82 Å². The minimum absolute atomic E-state index is 0.667. The molecule has 2 rings (SSSR count). The summed E-state index contributed by atoms with van der Waals surface area (Å²) in [6.45, 7) is 3.16. The largest absolute Gasteiger partial charge is 0.383 e. The Bertz CT molecular complexity index is 340. The van der Waals surface area contributed by atoms with Crippen LogP contribution in [0, 0.1) is 0 Å². The SMILES string of the molecule is COCCNCc1nnnn1CC1CCCCS1. The van der Waals surface area contributed by atoms with Gasteiger partial charge >= 0.3 is 0 Å². The molecule has 0 spiro atoms. The van der Waals surface area contributed by atoms with E-state index >= 15 is 0 Å². The second kappa shape index (κ2) is 7.70. The molecule has 0 saturated carbocycles. The maximum atomic E-state index is 4.99. The molecule has 18 heavy (non-hydrogen) atoms. The van der Waals surface area contributed by atoms with Crippen LogP contribution in [0.25, 0.3) is 0 Å². The summed E-state index contributed by atoms with van der Waals surface area (Å²) in [5.74, 6) is 2.19. The van der Waals surface area contributed by atoms with Crippen molar-refractivity contribution in [1.82, 2.24) is 25.5 Å². The average molecular weight is 271 g/mol. The molecule has 1 N–H and O–H groups in total. The predicted octanol–water partition coefficient (Wildman–Crippen LogP) is 0.695. The highest BCUT2D eigenvalue weighted by Crippen LogP contribution is 2.26. The Morgan fingerprint density at radius 3 is 3.22 bits per heavy atom. The molecule has 1 fully saturated rings. The molecule has 0 radical (unpaired) electrons. The van der Waals surface area contributed by atoms with Crippen LogP contribution in [0.4, 0.5) is 0 Å². The van der Waals surface area contributed by atoms with E-state index in [-0.39, 0.29) is 0 Å². The number of hydrogen-bond donors (Lipinski definition) is 1. The van der Waals surface area contributed by atoms with E-state index in [4.69, 9.17) is 4.74 Å². The lowest BCUT2D eigenvalue weighted by atomic mass is 10.2. The number of rotatable bonds is 7. The normalized spacial score (nSPS) is 20.2. The van der Waals surface area contributed by atoms with Crippen LogP contribution in [-0.2, 0) is 17.8 Å². The fraction of sp³-hybridized carbons (Fsp3) is 0.909. The fourth-order valence-electron chi connectivity index (χ4n) is 2.01. The highest BCUT2D eigenvalue weighted by molar-refractivity contribution is 7.99. The van der Waals surface area contributed by atoms with E-state index in [0.29, 0.717) is 18.4 Å². The molecule has 1 atom stereocenters. The van der Waals surface area contributed by atoms with Gasteiger partial charge in [-0.25, -0.2) is 4.68 Å². The lowest BCUT2D eigenvalue weighted by Crippen LogP contribution is -2.24. The zero-order chi connectivity index (χ0) is 12.6. The summed E-state index contributed by atoms with van der Waals surface area (Å²) in [4.78, 5) is 0. The van der Waals surface area contributed by atoms with Crippen molar-refractivity contribution in [2.75, 3.05) is 26.0 Å². The van der Waals surface area contributed by atoms with Gasteiger partial charge in [0.1, 0.15) is 0 Å².